The number of aliphatic hydroxyl groups excluding tert-OH is 1. The summed E-state index contributed by atoms with van der Waals surface area (Å²) in [5, 5.41) is 10.8. The molecule has 1 fully saturated rings. The number of aliphatic hydroxyl groups is 1. The van der Waals surface area contributed by atoms with Gasteiger partial charge in [0.15, 0.2) is 0 Å². The first-order valence-electron chi connectivity index (χ1n) is 3.47. The lowest BCUT2D eigenvalue weighted by molar-refractivity contribution is -0.152. The molecule has 2 nitrogen and oxygen atoms in total. The zero-order chi connectivity index (χ0) is 8.48. The highest BCUT2D eigenvalue weighted by molar-refractivity contribution is 4.87. The lowest BCUT2D eigenvalue weighted by Gasteiger charge is -2.15. The van der Waals surface area contributed by atoms with Crippen LogP contribution in [-0.4, -0.2) is 30.0 Å². The van der Waals surface area contributed by atoms with E-state index in [0.29, 0.717) is 6.42 Å². The minimum absolute atomic E-state index is 0.0781. The molecular formula is C6H10F3NO. The summed E-state index contributed by atoms with van der Waals surface area (Å²) in [4.78, 5) is 0. The molecule has 0 spiro atoms. The van der Waals surface area contributed by atoms with E-state index in [2.05, 4.69) is 5.32 Å². The Morgan fingerprint density at radius 1 is 1.36 bits per heavy atom. The minimum atomic E-state index is -4.16. The van der Waals surface area contributed by atoms with Gasteiger partial charge in [0.25, 0.3) is 0 Å². The molecule has 1 rings (SSSR count). The van der Waals surface area contributed by atoms with E-state index in [-0.39, 0.29) is 19.1 Å². The maximum absolute atomic E-state index is 11.9. The summed E-state index contributed by atoms with van der Waals surface area (Å²) < 4.78 is 35.8. The van der Waals surface area contributed by atoms with E-state index in [4.69, 9.17) is 5.11 Å². The van der Waals surface area contributed by atoms with Gasteiger partial charge in [-0.05, 0) is 12.8 Å². The van der Waals surface area contributed by atoms with Crippen molar-refractivity contribution in [1.29, 1.82) is 0 Å². The molecular weight excluding hydrogens is 159 g/mol. The normalized spacial score (nSPS) is 32.7. The first kappa shape index (κ1) is 8.80. The molecule has 0 saturated carbocycles. The van der Waals surface area contributed by atoms with Crippen molar-refractivity contribution < 1.29 is 18.3 Å². The second kappa shape index (κ2) is 2.98. The van der Waals surface area contributed by atoms with Crippen LogP contribution < -0.4 is 5.32 Å². The van der Waals surface area contributed by atoms with Gasteiger partial charge < -0.3 is 10.4 Å². The van der Waals surface area contributed by atoms with Gasteiger partial charge in [0.2, 0.25) is 0 Å². The predicted molar refractivity (Wildman–Crippen MR) is 33.1 cm³/mol. The Bertz CT molecular complexity index is 136. The Hall–Kier alpha value is -0.290. The molecule has 11 heavy (non-hydrogen) atoms. The largest absolute Gasteiger partial charge is 0.403 e. The minimum Gasteiger partial charge on any atom is -0.395 e. The van der Waals surface area contributed by atoms with Crippen LogP contribution in [0.3, 0.4) is 0 Å². The lowest BCUT2D eigenvalue weighted by atomic mass is 10.2. The summed E-state index contributed by atoms with van der Waals surface area (Å²) in [5.41, 5.74) is 0. The quantitative estimate of drug-likeness (QED) is 0.604. The standard InChI is InChI=1S/C6H10F3NO/c7-6(8,9)5-2-1-4(3-11)10-5/h4-5,10-11H,1-3H2/t4-,5+/m1/s1. The summed E-state index contributed by atoms with van der Waals surface area (Å²) in [6.45, 7) is -0.216. The van der Waals surface area contributed by atoms with E-state index in [9.17, 15) is 13.2 Å². The van der Waals surface area contributed by atoms with Gasteiger partial charge in [-0.25, -0.2) is 0 Å². The Labute approximate surface area is 62.4 Å². The summed E-state index contributed by atoms with van der Waals surface area (Å²) in [5.74, 6) is 0. The molecule has 2 atom stereocenters. The summed E-state index contributed by atoms with van der Waals surface area (Å²) >= 11 is 0. The van der Waals surface area contributed by atoms with Gasteiger partial charge in [0.1, 0.15) is 6.04 Å². The third-order valence-corrected chi connectivity index (χ3v) is 1.86. The third kappa shape index (κ3) is 2.07. The fourth-order valence-corrected chi connectivity index (χ4v) is 1.22. The van der Waals surface area contributed by atoms with Crippen molar-refractivity contribution in [2.75, 3.05) is 6.61 Å². The average molecular weight is 169 g/mol. The molecule has 1 aliphatic heterocycles. The monoisotopic (exact) mass is 169 g/mol. The zero-order valence-electron chi connectivity index (χ0n) is 5.86. The van der Waals surface area contributed by atoms with Crippen LogP contribution in [0.25, 0.3) is 0 Å². The molecule has 1 saturated heterocycles. The first-order chi connectivity index (χ1) is 5.04. The molecule has 0 radical (unpaired) electrons. The molecule has 1 heterocycles. The maximum atomic E-state index is 11.9. The second-order valence-corrected chi connectivity index (χ2v) is 2.72. The average Bonchev–Trinajstić information content (AvgIpc) is 2.32. The van der Waals surface area contributed by atoms with E-state index in [1.807, 2.05) is 0 Å². The molecule has 1 aliphatic rings. The van der Waals surface area contributed by atoms with Crippen molar-refractivity contribution in [2.45, 2.75) is 31.1 Å². The van der Waals surface area contributed by atoms with Crippen molar-refractivity contribution in [3.63, 3.8) is 0 Å². The van der Waals surface area contributed by atoms with Gasteiger partial charge in [-0.2, -0.15) is 13.2 Å². The number of hydrogen-bond donors (Lipinski definition) is 2. The van der Waals surface area contributed by atoms with Crippen molar-refractivity contribution in [3.8, 4) is 0 Å². The fourth-order valence-electron chi connectivity index (χ4n) is 1.22. The molecule has 0 aromatic heterocycles. The fraction of sp³-hybridized carbons (Fsp3) is 1.00. The molecule has 0 aromatic rings. The second-order valence-electron chi connectivity index (χ2n) is 2.72. The van der Waals surface area contributed by atoms with E-state index in [1.165, 1.54) is 0 Å². The van der Waals surface area contributed by atoms with Crippen molar-refractivity contribution in [1.82, 2.24) is 5.32 Å². The van der Waals surface area contributed by atoms with Crippen LogP contribution in [0, 0.1) is 0 Å². The van der Waals surface area contributed by atoms with E-state index in [1.54, 1.807) is 0 Å². The van der Waals surface area contributed by atoms with E-state index >= 15 is 0 Å². The van der Waals surface area contributed by atoms with Crippen LogP contribution in [0.4, 0.5) is 13.2 Å². The molecule has 0 aliphatic carbocycles. The summed E-state index contributed by atoms with van der Waals surface area (Å²) in [6, 6.07) is -1.79. The number of halogens is 3. The smallest absolute Gasteiger partial charge is 0.395 e. The summed E-state index contributed by atoms with van der Waals surface area (Å²) in [6.07, 6.45) is -3.68. The SMILES string of the molecule is OC[C@H]1CC[C@@H](C(F)(F)F)N1. The Morgan fingerprint density at radius 3 is 2.27 bits per heavy atom. The molecule has 0 bridgehead atoms. The van der Waals surface area contributed by atoms with Gasteiger partial charge in [-0.1, -0.05) is 0 Å². The zero-order valence-corrected chi connectivity index (χ0v) is 5.86. The molecule has 0 unspecified atom stereocenters. The molecule has 66 valence electrons. The topological polar surface area (TPSA) is 32.3 Å². The predicted octanol–water partition coefficient (Wildman–Crippen LogP) is 0.662. The molecule has 0 amide bonds. The van der Waals surface area contributed by atoms with Crippen LogP contribution in [0.5, 0.6) is 0 Å². The highest BCUT2D eigenvalue weighted by atomic mass is 19.4. The number of hydrogen-bond acceptors (Lipinski definition) is 2. The van der Waals surface area contributed by atoms with Crippen LogP contribution in [0.2, 0.25) is 0 Å². The van der Waals surface area contributed by atoms with Crippen molar-refractivity contribution in [2.24, 2.45) is 0 Å². The van der Waals surface area contributed by atoms with Crippen LogP contribution in [0.15, 0.2) is 0 Å². The first-order valence-corrected chi connectivity index (χ1v) is 3.47. The number of alkyl halides is 3. The van der Waals surface area contributed by atoms with Crippen LogP contribution in [0.1, 0.15) is 12.8 Å². The van der Waals surface area contributed by atoms with Crippen molar-refractivity contribution in [3.05, 3.63) is 0 Å². The van der Waals surface area contributed by atoms with Crippen LogP contribution in [-0.2, 0) is 0 Å². The highest BCUT2D eigenvalue weighted by Gasteiger charge is 2.43. The maximum Gasteiger partial charge on any atom is 0.403 e. The molecule has 5 heteroatoms. The van der Waals surface area contributed by atoms with E-state index in [0.717, 1.165) is 0 Å². The van der Waals surface area contributed by atoms with E-state index < -0.39 is 12.2 Å². The lowest BCUT2D eigenvalue weighted by Crippen LogP contribution is -2.41. The number of rotatable bonds is 1. The van der Waals surface area contributed by atoms with Gasteiger partial charge in [0.05, 0.1) is 6.61 Å². The van der Waals surface area contributed by atoms with Gasteiger partial charge in [-0.15, -0.1) is 0 Å². The Balaban J connectivity index is 2.42. The molecule has 2 N–H and O–H groups in total. The van der Waals surface area contributed by atoms with Crippen molar-refractivity contribution >= 4 is 0 Å². The summed E-state index contributed by atoms with van der Waals surface area (Å²) in [7, 11) is 0. The molecule has 0 aromatic carbocycles. The Morgan fingerprint density at radius 2 is 2.00 bits per heavy atom. The Kier molecular flexibility index (Phi) is 2.39. The third-order valence-electron chi connectivity index (χ3n) is 1.86. The number of nitrogens with one attached hydrogen (secondary N) is 1. The van der Waals surface area contributed by atoms with Gasteiger partial charge >= 0.3 is 6.18 Å². The van der Waals surface area contributed by atoms with Gasteiger partial charge in [0, 0.05) is 6.04 Å². The highest BCUT2D eigenvalue weighted by Crippen LogP contribution is 2.28. The van der Waals surface area contributed by atoms with Gasteiger partial charge in [-0.3, -0.25) is 0 Å². The van der Waals surface area contributed by atoms with Crippen LogP contribution >= 0.6 is 0 Å².